The van der Waals surface area contributed by atoms with Gasteiger partial charge in [0.25, 0.3) is 0 Å². The molecule has 1 aromatic rings. The Bertz CT molecular complexity index is 542. The van der Waals surface area contributed by atoms with E-state index in [9.17, 15) is 0 Å². The Morgan fingerprint density at radius 1 is 1.05 bits per heavy atom. The normalized spacial score (nSPS) is 31.4. The second-order valence-corrected chi connectivity index (χ2v) is 7.78. The van der Waals surface area contributed by atoms with Gasteiger partial charge in [-0.2, -0.15) is 0 Å². The van der Waals surface area contributed by atoms with E-state index in [1.807, 2.05) is 0 Å². The number of rotatable bonds is 0. The molecule has 2 aliphatic heterocycles. The van der Waals surface area contributed by atoms with Crippen molar-refractivity contribution >= 4 is 0 Å². The lowest BCUT2D eigenvalue weighted by molar-refractivity contribution is -0.305. The molecule has 3 heteroatoms. The summed E-state index contributed by atoms with van der Waals surface area (Å²) in [7, 11) is 0. The number of hydrogen-bond donors (Lipinski definition) is 0. The highest BCUT2D eigenvalue weighted by atomic mass is 17.2. The number of hydrogen-bond acceptors (Lipinski definition) is 3. The van der Waals surface area contributed by atoms with Crippen LogP contribution in [0.15, 0.2) is 24.3 Å². The fraction of sp³-hybridized carbons (Fsp3) is 0.667. The van der Waals surface area contributed by atoms with E-state index in [4.69, 9.17) is 9.78 Å². The molecule has 0 radical (unpaired) electrons. The van der Waals surface area contributed by atoms with Gasteiger partial charge in [0.15, 0.2) is 12.5 Å². The zero-order valence-corrected chi connectivity index (χ0v) is 13.3. The Hall–Kier alpha value is -0.900. The Balaban J connectivity index is 1.91. The lowest BCUT2D eigenvalue weighted by Crippen LogP contribution is -2.59. The van der Waals surface area contributed by atoms with Crippen molar-refractivity contribution < 1.29 is 9.78 Å². The fourth-order valence-electron chi connectivity index (χ4n) is 4.58. The molecule has 2 atom stereocenters. The maximum Gasteiger partial charge on any atom is 0.174 e. The minimum Gasteiger partial charge on any atom is -0.237 e. The van der Waals surface area contributed by atoms with Crippen molar-refractivity contribution in [2.75, 3.05) is 0 Å². The van der Waals surface area contributed by atoms with E-state index in [0.29, 0.717) is 0 Å². The van der Waals surface area contributed by atoms with E-state index in [1.165, 1.54) is 43.2 Å². The summed E-state index contributed by atoms with van der Waals surface area (Å²) in [6.45, 7) is 6.78. The van der Waals surface area contributed by atoms with Gasteiger partial charge in [-0.1, -0.05) is 43.5 Å². The van der Waals surface area contributed by atoms with Crippen LogP contribution in [0.3, 0.4) is 0 Å². The first-order valence-corrected chi connectivity index (χ1v) is 8.24. The summed E-state index contributed by atoms with van der Waals surface area (Å²) < 4.78 is 0. The Morgan fingerprint density at radius 2 is 1.76 bits per heavy atom. The second kappa shape index (κ2) is 4.55. The van der Waals surface area contributed by atoms with Crippen molar-refractivity contribution in [3.63, 3.8) is 0 Å². The van der Waals surface area contributed by atoms with Crippen molar-refractivity contribution in [3.05, 3.63) is 35.4 Å². The molecule has 1 aliphatic carbocycles. The standard InChI is InChI=1S/C18H25NO2/c1-17(2,3)19-15-13-9-5-6-10-14(13)18(16(19)21-20-15)11-7-4-8-12-18/h5-6,9-10,15-16H,4,7-8,11-12H2,1-3H3/t15-,16+/m0/s1. The minimum atomic E-state index is -0.0567. The highest BCUT2D eigenvalue weighted by molar-refractivity contribution is 5.41. The number of nitrogens with zero attached hydrogens (tertiary/aromatic N) is 1. The van der Waals surface area contributed by atoms with Gasteiger partial charge in [0, 0.05) is 16.5 Å². The van der Waals surface area contributed by atoms with Crippen LogP contribution < -0.4 is 0 Å². The molecule has 4 rings (SSSR count). The predicted octanol–water partition coefficient (Wildman–Crippen LogP) is 4.29. The first-order chi connectivity index (χ1) is 10.0. The summed E-state index contributed by atoms with van der Waals surface area (Å²) in [6.07, 6.45) is 6.33. The highest BCUT2D eigenvalue weighted by Gasteiger charge is 2.59. The SMILES string of the molecule is CC(C)(C)N1[C@H]2OO[C@@H]1C1(CCCCC1)c1ccccc12. The molecule has 1 saturated carbocycles. The van der Waals surface area contributed by atoms with Crippen LogP contribution in [0.2, 0.25) is 0 Å². The molecule has 114 valence electrons. The third-order valence-electron chi connectivity index (χ3n) is 5.50. The molecular formula is C18H25NO2. The van der Waals surface area contributed by atoms with Crippen LogP contribution in [-0.2, 0) is 15.2 Å². The van der Waals surface area contributed by atoms with Gasteiger partial charge in [-0.05, 0) is 39.2 Å². The van der Waals surface area contributed by atoms with Crippen LogP contribution >= 0.6 is 0 Å². The maximum atomic E-state index is 5.92. The van der Waals surface area contributed by atoms with Crippen LogP contribution in [0.5, 0.6) is 0 Å². The van der Waals surface area contributed by atoms with E-state index in [0.717, 1.165) is 0 Å². The summed E-state index contributed by atoms with van der Waals surface area (Å²) >= 11 is 0. The summed E-state index contributed by atoms with van der Waals surface area (Å²) in [4.78, 5) is 14.2. The first kappa shape index (κ1) is 13.7. The van der Waals surface area contributed by atoms with Crippen LogP contribution in [0.1, 0.15) is 70.2 Å². The Kier molecular flexibility index (Phi) is 2.97. The molecule has 3 aliphatic rings. The molecule has 2 bridgehead atoms. The molecule has 1 saturated heterocycles. The van der Waals surface area contributed by atoms with Crippen LogP contribution in [0.25, 0.3) is 0 Å². The minimum absolute atomic E-state index is 0.0316. The average molecular weight is 287 g/mol. The quantitative estimate of drug-likeness (QED) is 0.664. The molecule has 0 amide bonds. The van der Waals surface area contributed by atoms with Crippen molar-refractivity contribution in [1.29, 1.82) is 0 Å². The first-order valence-electron chi connectivity index (χ1n) is 8.24. The van der Waals surface area contributed by atoms with Crippen molar-refractivity contribution in [3.8, 4) is 0 Å². The van der Waals surface area contributed by atoms with Gasteiger partial charge in [0.05, 0.1) is 0 Å². The average Bonchev–Trinajstić information content (AvgIpc) is 2.89. The zero-order chi connectivity index (χ0) is 14.7. The molecule has 2 fully saturated rings. The molecular weight excluding hydrogens is 262 g/mol. The van der Waals surface area contributed by atoms with E-state index < -0.39 is 0 Å². The van der Waals surface area contributed by atoms with E-state index in [-0.39, 0.29) is 23.4 Å². The van der Waals surface area contributed by atoms with Crippen molar-refractivity contribution in [2.24, 2.45) is 0 Å². The van der Waals surface area contributed by atoms with Crippen molar-refractivity contribution in [1.82, 2.24) is 4.90 Å². The van der Waals surface area contributed by atoms with Gasteiger partial charge >= 0.3 is 0 Å². The smallest absolute Gasteiger partial charge is 0.174 e. The monoisotopic (exact) mass is 287 g/mol. The van der Waals surface area contributed by atoms with Crippen LogP contribution in [0.4, 0.5) is 0 Å². The summed E-state index contributed by atoms with van der Waals surface area (Å²) in [6, 6.07) is 8.82. The molecule has 2 heterocycles. The maximum absolute atomic E-state index is 5.92. The van der Waals surface area contributed by atoms with E-state index in [1.54, 1.807) is 0 Å². The van der Waals surface area contributed by atoms with E-state index in [2.05, 4.69) is 49.9 Å². The lowest BCUT2D eigenvalue weighted by atomic mass is 9.64. The van der Waals surface area contributed by atoms with Crippen LogP contribution in [-0.4, -0.2) is 16.7 Å². The molecule has 3 nitrogen and oxygen atoms in total. The molecule has 21 heavy (non-hydrogen) atoms. The van der Waals surface area contributed by atoms with Gasteiger partial charge in [-0.15, -0.1) is 0 Å². The molecule has 0 aromatic heterocycles. The third-order valence-corrected chi connectivity index (χ3v) is 5.50. The molecule has 1 aromatic carbocycles. The summed E-state index contributed by atoms with van der Waals surface area (Å²) in [5.41, 5.74) is 2.92. The Labute approximate surface area is 127 Å². The van der Waals surface area contributed by atoms with E-state index >= 15 is 0 Å². The van der Waals surface area contributed by atoms with Crippen molar-refractivity contribution in [2.45, 2.75) is 76.3 Å². The number of benzene rings is 1. The fourth-order valence-corrected chi connectivity index (χ4v) is 4.58. The Morgan fingerprint density at radius 3 is 2.48 bits per heavy atom. The number of fused-ring (bicyclic) bond motifs is 6. The lowest BCUT2D eigenvalue weighted by Gasteiger charge is -2.52. The van der Waals surface area contributed by atoms with Crippen LogP contribution in [0, 0.1) is 0 Å². The van der Waals surface area contributed by atoms with Gasteiger partial charge in [0.2, 0.25) is 0 Å². The largest absolute Gasteiger partial charge is 0.237 e. The topological polar surface area (TPSA) is 21.7 Å². The predicted molar refractivity (Wildman–Crippen MR) is 81.5 cm³/mol. The van der Waals surface area contributed by atoms with Gasteiger partial charge in [-0.25, -0.2) is 14.7 Å². The molecule has 1 spiro atoms. The summed E-state index contributed by atoms with van der Waals surface area (Å²) in [5.74, 6) is 0. The third kappa shape index (κ3) is 1.84. The van der Waals surface area contributed by atoms with Gasteiger partial charge < -0.3 is 0 Å². The summed E-state index contributed by atoms with van der Waals surface area (Å²) in [5, 5.41) is 0. The second-order valence-electron chi connectivity index (χ2n) is 7.78. The molecule has 0 N–H and O–H groups in total. The van der Waals surface area contributed by atoms with Gasteiger partial charge in [-0.3, -0.25) is 0 Å². The molecule has 0 unspecified atom stereocenters. The highest BCUT2D eigenvalue weighted by Crippen LogP contribution is 2.56. The van der Waals surface area contributed by atoms with Gasteiger partial charge in [0.1, 0.15) is 0 Å². The zero-order valence-electron chi connectivity index (χ0n) is 13.3.